The van der Waals surface area contributed by atoms with Crippen molar-refractivity contribution in [3.63, 3.8) is 0 Å². The SMILES string of the molecule is N#CCCOP(=O)(OC[C@H]1O[C@@H](Oc2ccccc2)[C@H](OC(=O)c2ccccc2)[C@@H](OC(=O)c2ccccc2)[C@@H]1OP(=O)(OCCC#N)OC[C@H]1O[C@@H](Oc2ccccc2)[C@H](OC(=O)c2ccccc2)[C@@H](OC(=O)c2ccccc2)[C@@H]1OP(=O)(O)Oc1ccccc1Cl)O[C@H]1[C@H](OC(=O)c2ccccc2)[C@@H](OC(=O)c2ccccc2)[C@H](Oc2ccccc2)O[C@@H]1CO. The van der Waals surface area contributed by atoms with Crippen LogP contribution in [0.25, 0.3) is 0 Å². The maximum Gasteiger partial charge on any atom is 0.527 e. The van der Waals surface area contributed by atoms with Gasteiger partial charge in [0.25, 0.3) is 0 Å². The van der Waals surface area contributed by atoms with Crippen molar-refractivity contribution in [3.8, 4) is 35.1 Å². The van der Waals surface area contributed by atoms with Gasteiger partial charge in [0.05, 0.1) is 96.4 Å². The molecule has 3 heterocycles. The van der Waals surface area contributed by atoms with Gasteiger partial charge in [0.15, 0.2) is 18.3 Å². The third kappa shape index (κ3) is 25.3. The van der Waals surface area contributed by atoms with Gasteiger partial charge in [0.2, 0.25) is 37.2 Å². The Bertz CT molecular complexity index is 5540. The number of hydrogen-bond acceptors (Lipinski definition) is 32. The molecule has 658 valence electrons. The average molecular weight is 1810 g/mol. The number of hydrogen-bond donors (Lipinski definition) is 2. The van der Waals surface area contributed by atoms with Gasteiger partial charge in [-0.15, -0.1) is 0 Å². The molecule has 0 amide bonds. The highest BCUT2D eigenvalue weighted by atomic mass is 35.5. The van der Waals surface area contributed by atoms with Gasteiger partial charge in [-0.3, -0.25) is 36.6 Å². The topological polar surface area (TPSA) is 426 Å². The van der Waals surface area contributed by atoms with Gasteiger partial charge in [-0.2, -0.15) is 10.5 Å². The number of ether oxygens (including phenoxy) is 12. The molecule has 0 aromatic heterocycles. The Labute approximate surface area is 731 Å². The zero-order valence-electron chi connectivity index (χ0n) is 66.7. The van der Waals surface area contributed by atoms with E-state index in [2.05, 4.69) is 0 Å². The lowest BCUT2D eigenvalue weighted by atomic mass is 9.98. The van der Waals surface area contributed by atoms with Gasteiger partial charge in [-0.25, -0.2) is 42.5 Å². The number of esters is 6. The number of aliphatic hydroxyl groups is 1. The molecule has 33 nitrogen and oxygen atoms in total. The summed E-state index contributed by atoms with van der Waals surface area (Å²) in [5.74, 6) is -7.20. The van der Waals surface area contributed by atoms with E-state index in [9.17, 15) is 49.1 Å². The van der Waals surface area contributed by atoms with Crippen LogP contribution in [-0.4, -0.2) is 171 Å². The van der Waals surface area contributed by atoms with Crippen molar-refractivity contribution >= 4 is 70.9 Å². The number of phosphoric ester groups is 3. The lowest BCUT2D eigenvalue weighted by Gasteiger charge is -2.46. The third-order valence-electron chi connectivity index (χ3n) is 19.0. The number of halogens is 1. The van der Waals surface area contributed by atoms with E-state index in [1.165, 1.54) is 206 Å². The van der Waals surface area contributed by atoms with Crippen LogP contribution in [0.15, 0.2) is 297 Å². The number of carbonyl (C=O) groups is 6. The molecule has 0 spiro atoms. The molecule has 18 atom stereocenters. The van der Waals surface area contributed by atoms with Crippen LogP contribution in [0.5, 0.6) is 23.0 Å². The highest BCUT2D eigenvalue weighted by molar-refractivity contribution is 7.49. The monoisotopic (exact) mass is 1810 g/mol. The second-order valence-corrected chi connectivity index (χ2v) is 32.7. The molecule has 0 bridgehead atoms. The van der Waals surface area contributed by atoms with Crippen LogP contribution in [-0.2, 0) is 88.0 Å². The highest BCUT2D eigenvalue weighted by Gasteiger charge is 2.60. The van der Waals surface area contributed by atoms with E-state index >= 15 is 13.9 Å². The molecule has 10 aromatic rings. The molecule has 3 saturated heterocycles. The lowest BCUT2D eigenvalue weighted by molar-refractivity contribution is -0.279. The molecule has 3 unspecified atom stereocenters. The lowest BCUT2D eigenvalue weighted by Crippen LogP contribution is -2.64. The first-order chi connectivity index (χ1) is 61.6. The predicted molar refractivity (Wildman–Crippen MR) is 444 cm³/mol. The first kappa shape index (κ1) is 92.4. The minimum atomic E-state index is -5.95. The van der Waals surface area contributed by atoms with E-state index in [-0.39, 0.29) is 55.7 Å². The smallest absolute Gasteiger partial charge is 0.461 e. The summed E-state index contributed by atoms with van der Waals surface area (Å²) in [6, 6.07) is 76.2. The summed E-state index contributed by atoms with van der Waals surface area (Å²) in [5.41, 5.74) is -0.661. The number of nitriles is 2. The molecule has 0 radical (unpaired) electrons. The van der Waals surface area contributed by atoms with Crippen molar-refractivity contribution in [1.82, 2.24) is 0 Å². The quantitative estimate of drug-likeness (QED) is 0.0156. The summed E-state index contributed by atoms with van der Waals surface area (Å²) in [6.07, 6.45) is -33.3. The Hall–Kier alpha value is -12.3. The van der Waals surface area contributed by atoms with Crippen LogP contribution >= 0.6 is 35.1 Å². The maximum absolute atomic E-state index is 16.9. The molecular formula is C90H80ClN2O31P3. The molecule has 13 rings (SSSR count). The maximum atomic E-state index is 16.9. The van der Waals surface area contributed by atoms with E-state index in [4.69, 9.17) is 105 Å². The minimum absolute atomic E-state index is 0.00417. The zero-order valence-corrected chi connectivity index (χ0v) is 70.2. The number of para-hydroxylation sites is 4. The summed E-state index contributed by atoms with van der Waals surface area (Å²) in [6.45, 7) is -5.55. The minimum Gasteiger partial charge on any atom is -0.461 e. The van der Waals surface area contributed by atoms with Gasteiger partial charge in [-0.05, 0) is 121 Å². The zero-order chi connectivity index (χ0) is 89.1. The molecular weight excluding hydrogens is 1730 g/mol. The van der Waals surface area contributed by atoms with E-state index < -0.39 is 203 Å². The summed E-state index contributed by atoms with van der Waals surface area (Å²) in [7, 11) is -17.5. The third-order valence-corrected chi connectivity index (χ3v) is 23.2. The van der Waals surface area contributed by atoms with Crippen LogP contribution in [0.1, 0.15) is 75.0 Å². The molecule has 3 aliphatic rings. The van der Waals surface area contributed by atoms with Crippen LogP contribution in [0, 0.1) is 22.7 Å². The summed E-state index contributed by atoms with van der Waals surface area (Å²) in [4.78, 5) is 101. The van der Waals surface area contributed by atoms with Crippen molar-refractivity contribution in [1.29, 1.82) is 10.5 Å². The Morgan fingerprint density at radius 3 is 0.866 bits per heavy atom. The van der Waals surface area contributed by atoms with Gasteiger partial charge in [0, 0.05) is 0 Å². The number of benzene rings is 10. The van der Waals surface area contributed by atoms with E-state index in [0.717, 1.165) is 0 Å². The second kappa shape index (κ2) is 44.7. The fourth-order valence-corrected chi connectivity index (χ4v) is 17.1. The normalized spacial score (nSPS) is 23.3. The Kier molecular flexibility index (Phi) is 32.5. The van der Waals surface area contributed by atoms with Crippen molar-refractivity contribution in [2.45, 2.75) is 105 Å². The van der Waals surface area contributed by atoms with Crippen molar-refractivity contribution < 1.29 is 145 Å². The van der Waals surface area contributed by atoms with Crippen LogP contribution in [0.2, 0.25) is 5.02 Å². The summed E-state index contributed by atoms with van der Waals surface area (Å²) in [5, 5.41) is 31.6. The number of phosphoric acid groups is 3. The van der Waals surface area contributed by atoms with Crippen molar-refractivity contribution in [3.05, 3.63) is 336 Å². The van der Waals surface area contributed by atoms with E-state index in [1.54, 1.807) is 91.0 Å². The molecule has 0 aliphatic carbocycles. The predicted octanol–water partition coefficient (Wildman–Crippen LogP) is 14.8. The Morgan fingerprint density at radius 2 is 0.583 bits per heavy atom. The largest absolute Gasteiger partial charge is 0.527 e. The molecule has 10 aromatic carbocycles. The van der Waals surface area contributed by atoms with Crippen LogP contribution in [0.4, 0.5) is 0 Å². The number of nitrogens with zero attached hydrogens (tertiary/aromatic N) is 2. The molecule has 2 N–H and O–H groups in total. The van der Waals surface area contributed by atoms with E-state index in [1.807, 2.05) is 12.1 Å². The van der Waals surface area contributed by atoms with Gasteiger partial charge in [0.1, 0.15) is 59.6 Å². The van der Waals surface area contributed by atoms with Crippen LogP contribution < -0.4 is 18.7 Å². The molecule has 37 heteroatoms. The van der Waals surface area contributed by atoms with Gasteiger partial charge in [-0.1, -0.05) is 188 Å². The Morgan fingerprint density at radius 1 is 0.331 bits per heavy atom. The van der Waals surface area contributed by atoms with Gasteiger partial charge >= 0.3 is 59.3 Å². The molecule has 0 saturated carbocycles. The van der Waals surface area contributed by atoms with Crippen molar-refractivity contribution in [2.75, 3.05) is 33.0 Å². The summed E-state index contributed by atoms with van der Waals surface area (Å²) >= 11 is 6.50. The summed E-state index contributed by atoms with van der Waals surface area (Å²) < 4.78 is 175. The molecule has 127 heavy (non-hydrogen) atoms. The first-order valence-electron chi connectivity index (χ1n) is 39.3. The molecule has 3 fully saturated rings. The average Bonchev–Trinajstić information content (AvgIpc) is 0.771. The number of aliphatic hydroxyl groups excluding tert-OH is 1. The first-order valence-corrected chi connectivity index (χ1v) is 44.1. The fourth-order valence-electron chi connectivity index (χ4n) is 13.0. The fraction of sp³-hybridized carbons (Fsp3) is 0.244. The highest BCUT2D eigenvalue weighted by Crippen LogP contribution is 2.57. The second-order valence-electron chi connectivity index (χ2n) is 27.7. The number of carbonyl (C=O) groups excluding carboxylic acids is 6. The van der Waals surface area contributed by atoms with Crippen molar-refractivity contribution in [2.24, 2.45) is 0 Å². The van der Waals surface area contributed by atoms with E-state index in [0.29, 0.717) is 0 Å². The molecule has 3 aliphatic heterocycles. The number of rotatable bonds is 39. The van der Waals surface area contributed by atoms with Gasteiger partial charge < -0.3 is 66.5 Å². The standard InChI is InChI=1S/C90H80ClN2O31P3/c91-68-50-28-29-51-69(68)121-125(101,102)122-74-71(113-89(110-66-46-24-8-25-47-66)80(119-86(99)63-40-18-5-19-41-63)77(74)116-83(96)60-34-12-2-13-35-60)57-107-127(104,106-55-31-53-93)124-75-72(114-90(111-67-48-26-9-27-49-67)81(120-87(100)64-42-20-6-21-43-64)78(75)117-84(97)61-36-14-3-15-37-61)58-108-126(103,105-54-30-52-92)123-73-70(56-94)112-88(109-65-44-22-7-23-45-65)79(118-85(98)62-38-16-4-17-39-62)76(73)115-82(95)59-32-10-1-11-33-59/h1-29,32-51,70-81,88-90,94H,30-31,54-58H2,(H,101,102)/t70-,71-,72-,73-,74-,75-,76+,77+,78+,79-,80-,81-,88-,89-,90-,126?,127?/m1/s1. The van der Waals surface area contributed by atoms with Crippen LogP contribution in [0.3, 0.4) is 0 Å². The Balaban J connectivity index is 0.950.